The van der Waals surface area contributed by atoms with Gasteiger partial charge in [0.05, 0.1) is 28.8 Å². The second-order valence-corrected chi connectivity index (χ2v) is 14.8. The van der Waals surface area contributed by atoms with Crippen LogP contribution < -0.4 is 15.4 Å². The van der Waals surface area contributed by atoms with E-state index in [-0.39, 0.29) is 40.7 Å². The lowest BCUT2D eigenvalue weighted by atomic mass is 10.0. The molecule has 0 spiro atoms. The second kappa shape index (κ2) is 20.6. The van der Waals surface area contributed by atoms with Gasteiger partial charge >= 0.3 is 6.09 Å². The van der Waals surface area contributed by atoms with Crippen molar-refractivity contribution in [3.63, 3.8) is 0 Å². The molecule has 11 nitrogen and oxygen atoms in total. The first-order valence-corrected chi connectivity index (χ1v) is 19.2. The SMILES string of the molecule is CS(=O)(=O)Nc1cc([C@@H](O)CNCCCCCCCCCN2CCC(OC(=O)Nc3ccccc3-c3ccc(O)c(Cl)c3)CC2)ccc1O.Cl. The number of nitrogens with one attached hydrogen (secondary N) is 3. The van der Waals surface area contributed by atoms with Crippen molar-refractivity contribution in [2.24, 2.45) is 0 Å². The first kappa shape index (κ1) is 41.2. The van der Waals surface area contributed by atoms with Crippen LogP contribution in [-0.4, -0.2) is 79.8 Å². The smallest absolute Gasteiger partial charge is 0.411 e. The molecule has 0 saturated carbocycles. The first-order chi connectivity index (χ1) is 23.5. The van der Waals surface area contributed by atoms with Crippen LogP contribution in [0.5, 0.6) is 11.5 Å². The van der Waals surface area contributed by atoms with Crippen LogP contribution in [0.15, 0.2) is 60.7 Å². The molecule has 0 bridgehead atoms. The predicted molar refractivity (Wildman–Crippen MR) is 202 cm³/mol. The number of benzene rings is 3. The molecule has 1 atom stereocenters. The highest BCUT2D eigenvalue weighted by molar-refractivity contribution is 7.92. The van der Waals surface area contributed by atoms with Gasteiger partial charge in [0.15, 0.2) is 0 Å². The quantitative estimate of drug-likeness (QED) is 0.0580. The number of likely N-dealkylation sites (tertiary alicyclic amines) is 1. The summed E-state index contributed by atoms with van der Waals surface area (Å²) in [5.41, 5.74) is 2.76. The third kappa shape index (κ3) is 13.8. The van der Waals surface area contributed by atoms with Gasteiger partial charge in [0.25, 0.3) is 0 Å². The van der Waals surface area contributed by atoms with Gasteiger partial charge in [0.1, 0.15) is 17.6 Å². The number of unbranched alkanes of at least 4 members (excludes halogenated alkanes) is 6. The minimum atomic E-state index is -3.54. The first-order valence-electron chi connectivity index (χ1n) is 17.0. The van der Waals surface area contributed by atoms with Crippen LogP contribution >= 0.6 is 24.0 Å². The maximum Gasteiger partial charge on any atom is 0.411 e. The molecule has 1 fully saturated rings. The van der Waals surface area contributed by atoms with Gasteiger partial charge < -0.3 is 30.3 Å². The van der Waals surface area contributed by atoms with E-state index >= 15 is 0 Å². The Labute approximate surface area is 306 Å². The molecule has 0 aromatic heterocycles. The Hall–Kier alpha value is -3.26. The van der Waals surface area contributed by atoms with E-state index < -0.39 is 22.2 Å². The molecule has 4 rings (SSSR count). The fourth-order valence-electron chi connectivity index (χ4n) is 5.93. The van der Waals surface area contributed by atoms with Crippen molar-refractivity contribution in [2.75, 3.05) is 49.0 Å². The molecule has 1 aliphatic heterocycles. The van der Waals surface area contributed by atoms with Crippen LogP contribution in [0, 0.1) is 0 Å². The minimum absolute atomic E-state index is 0. The van der Waals surface area contributed by atoms with Gasteiger partial charge in [-0.05, 0) is 80.2 Å². The number of amides is 1. The van der Waals surface area contributed by atoms with Crippen LogP contribution in [0.1, 0.15) is 69.5 Å². The van der Waals surface area contributed by atoms with E-state index in [1.165, 1.54) is 43.9 Å². The zero-order valence-corrected chi connectivity index (χ0v) is 30.8. The molecule has 1 aliphatic rings. The molecular formula is C36H50Cl2N4O7S. The predicted octanol–water partition coefficient (Wildman–Crippen LogP) is 7.28. The number of aliphatic hydroxyl groups is 1. The Kier molecular flexibility index (Phi) is 16.9. The number of ether oxygens (including phenoxy) is 1. The Morgan fingerprint density at radius 3 is 2.28 bits per heavy atom. The molecule has 50 heavy (non-hydrogen) atoms. The number of piperidine rings is 1. The van der Waals surface area contributed by atoms with Crippen LogP contribution in [0.4, 0.5) is 16.2 Å². The van der Waals surface area contributed by atoms with Crippen LogP contribution in [0.3, 0.4) is 0 Å². The number of phenols is 2. The lowest BCUT2D eigenvalue weighted by Gasteiger charge is -2.31. The van der Waals surface area contributed by atoms with Gasteiger partial charge in [-0.1, -0.05) is 74.0 Å². The zero-order chi connectivity index (χ0) is 35.2. The zero-order valence-electron chi connectivity index (χ0n) is 28.4. The van der Waals surface area contributed by atoms with Crippen molar-refractivity contribution in [1.82, 2.24) is 10.2 Å². The van der Waals surface area contributed by atoms with Crippen molar-refractivity contribution in [3.8, 4) is 22.6 Å². The standard InChI is InChI=1S/C36H49ClN4O7S.ClH/c1-49(46,47)40-32-24-27(14-16-34(32)43)35(44)25-38-19-9-5-3-2-4-6-10-20-41-21-17-28(18-22-41)48-36(45)39-31-12-8-7-11-29(31)26-13-15-33(42)30(37)23-26;/h7-8,11-16,23-24,28,35,38,40,42-44H,2-6,9-10,17-22,25H2,1H3,(H,39,45);1H/t35-;/m0./s1. The summed E-state index contributed by atoms with van der Waals surface area (Å²) in [4.78, 5) is 15.2. The van der Waals surface area contributed by atoms with Crippen molar-refractivity contribution in [1.29, 1.82) is 0 Å². The van der Waals surface area contributed by atoms with Crippen LogP contribution in [0.25, 0.3) is 11.1 Å². The molecular weight excluding hydrogens is 703 g/mol. The summed E-state index contributed by atoms with van der Waals surface area (Å²) in [6, 6.07) is 16.8. The van der Waals surface area contributed by atoms with Gasteiger partial charge in [-0.25, -0.2) is 13.2 Å². The maximum atomic E-state index is 12.7. The lowest BCUT2D eigenvalue weighted by molar-refractivity contribution is 0.0584. The summed E-state index contributed by atoms with van der Waals surface area (Å²) >= 11 is 6.09. The van der Waals surface area contributed by atoms with E-state index in [0.717, 1.165) is 75.7 Å². The Morgan fingerprint density at radius 2 is 1.58 bits per heavy atom. The van der Waals surface area contributed by atoms with E-state index in [9.17, 15) is 28.5 Å². The number of aromatic hydroxyl groups is 2. The maximum absolute atomic E-state index is 12.7. The normalized spacial score (nSPS) is 14.5. The lowest BCUT2D eigenvalue weighted by Crippen LogP contribution is -2.38. The summed E-state index contributed by atoms with van der Waals surface area (Å²) in [5, 5.41) is 36.4. The average molecular weight is 754 g/mol. The van der Waals surface area contributed by atoms with E-state index in [2.05, 4.69) is 20.3 Å². The van der Waals surface area contributed by atoms with E-state index in [1.807, 2.05) is 24.3 Å². The Morgan fingerprint density at radius 1 is 0.920 bits per heavy atom. The number of carbonyl (C=O) groups excluding carboxylic acids is 1. The van der Waals surface area contributed by atoms with Crippen molar-refractivity contribution in [3.05, 3.63) is 71.2 Å². The van der Waals surface area contributed by atoms with Gasteiger partial charge in [-0.15, -0.1) is 12.4 Å². The molecule has 1 saturated heterocycles. The molecule has 6 N–H and O–H groups in total. The summed E-state index contributed by atoms with van der Waals surface area (Å²) in [6.07, 6.45) is 9.26. The summed E-state index contributed by atoms with van der Waals surface area (Å²) in [7, 11) is -3.54. The average Bonchev–Trinajstić information content (AvgIpc) is 3.06. The molecule has 276 valence electrons. The molecule has 3 aromatic rings. The summed E-state index contributed by atoms with van der Waals surface area (Å²) in [5.74, 6) is -0.185. The molecule has 0 unspecified atom stereocenters. The Balaban J connectivity index is 0.00000676. The third-order valence-electron chi connectivity index (χ3n) is 8.60. The fraction of sp³-hybridized carbons (Fsp3) is 0.472. The fourth-order valence-corrected chi connectivity index (χ4v) is 6.67. The highest BCUT2D eigenvalue weighted by Gasteiger charge is 2.22. The van der Waals surface area contributed by atoms with E-state index in [4.69, 9.17) is 16.3 Å². The molecule has 1 heterocycles. The van der Waals surface area contributed by atoms with Crippen LogP contribution in [0.2, 0.25) is 5.02 Å². The molecule has 0 aliphatic carbocycles. The number of carbonyl (C=O) groups is 1. The topological polar surface area (TPSA) is 160 Å². The second-order valence-electron chi connectivity index (χ2n) is 12.6. The number of nitrogens with zero attached hydrogens (tertiary/aromatic N) is 1. The molecule has 0 radical (unpaired) electrons. The van der Waals surface area contributed by atoms with Gasteiger partial charge in [0.2, 0.25) is 10.0 Å². The van der Waals surface area contributed by atoms with E-state index in [0.29, 0.717) is 17.8 Å². The third-order valence-corrected chi connectivity index (χ3v) is 9.49. The number of hydrogen-bond acceptors (Lipinski definition) is 9. The molecule has 14 heteroatoms. The van der Waals surface area contributed by atoms with Crippen molar-refractivity contribution >= 4 is 51.5 Å². The van der Waals surface area contributed by atoms with E-state index in [1.54, 1.807) is 18.2 Å². The number of anilines is 2. The molecule has 1 amide bonds. The number of sulfonamides is 1. The number of aliphatic hydroxyl groups excluding tert-OH is 1. The van der Waals surface area contributed by atoms with Crippen molar-refractivity contribution in [2.45, 2.75) is 70.0 Å². The monoisotopic (exact) mass is 752 g/mol. The number of halogens is 2. The highest BCUT2D eigenvalue weighted by Crippen LogP contribution is 2.33. The minimum Gasteiger partial charge on any atom is -0.506 e. The summed E-state index contributed by atoms with van der Waals surface area (Å²) < 4.78 is 31.0. The Bertz CT molecular complexity index is 1620. The van der Waals surface area contributed by atoms with Gasteiger partial charge in [-0.2, -0.15) is 0 Å². The van der Waals surface area contributed by atoms with Crippen LogP contribution in [-0.2, 0) is 14.8 Å². The van der Waals surface area contributed by atoms with Crippen molar-refractivity contribution < 1.29 is 33.3 Å². The summed E-state index contributed by atoms with van der Waals surface area (Å²) in [6.45, 7) is 4.00. The number of hydrogen-bond donors (Lipinski definition) is 6. The number of rotatable bonds is 18. The van der Waals surface area contributed by atoms with Gasteiger partial charge in [-0.3, -0.25) is 10.0 Å². The number of para-hydroxylation sites is 1. The largest absolute Gasteiger partial charge is 0.506 e. The molecule has 3 aromatic carbocycles. The number of phenolic OH excluding ortho intramolecular Hbond substituents is 2. The van der Waals surface area contributed by atoms with Gasteiger partial charge in [0, 0.05) is 25.2 Å². The highest BCUT2D eigenvalue weighted by atomic mass is 35.5.